The second-order valence-corrected chi connectivity index (χ2v) is 4.68. The first-order valence-corrected chi connectivity index (χ1v) is 5.19. The maximum atomic E-state index is 3.98. The number of allylic oxidation sites excluding steroid dienone is 2. The summed E-state index contributed by atoms with van der Waals surface area (Å²) in [5.41, 5.74) is 2.10. The van der Waals surface area contributed by atoms with Gasteiger partial charge in [-0.05, 0) is 18.6 Å². The lowest BCUT2D eigenvalue weighted by Crippen LogP contribution is -2.40. The van der Waals surface area contributed by atoms with Gasteiger partial charge in [-0.2, -0.15) is 0 Å². The number of nitrogens with one attached hydrogen (secondary N) is 1. The van der Waals surface area contributed by atoms with Crippen LogP contribution in [0.2, 0.25) is 0 Å². The zero-order valence-corrected chi connectivity index (χ0v) is 10.7. The summed E-state index contributed by atoms with van der Waals surface area (Å²) in [4.78, 5) is 3.90. The highest BCUT2D eigenvalue weighted by atomic mass is 15.3. The lowest BCUT2D eigenvalue weighted by Gasteiger charge is -2.24. The monoisotopic (exact) mass is 210 g/mol. The number of hydrogen-bond acceptors (Lipinski definition) is 2. The third kappa shape index (κ3) is 7.94. The van der Waals surface area contributed by atoms with Gasteiger partial charge in [0.2, 0.25) is 0 Å². The average molecular weight is 210 g/mol. The number of nitrogens with zero attached hydrogens (tertiary/aromatic N) is 2. The summed E-state index contributed by atoms with van der Waals surface area (Å²) in [6, 6.07) is 0. The maximum Gasteiger partial charge on any atom is 0.0955 e. The Hall–Kier alpha value is -1.09. The van der Waals surface area contributed by atoms with Gasteiger partial charge in [-0.25, -0.2) is 0 Å². The van der Waals surface area contributed by atoms with E-state index in [0.717, 1.165) is 28.8 Å². The van der Waals surface area contributed by atoms with Crippen molar-refractivity contribution in [3.8, 4) is 0 Å². The van der Waals surface area contributed by atoms with E-state index in [1.165, 1.54) is 0 Å². The Balaban J connectivity index is 3.95. The molecule has 0 aromatic heterocycles. The van der Waals surface area contributed by atoms with E-state index in [-0.39, 0.29) is 0 Å². The highest BCUT2D eigenvalue weighted by Crippen LogP contribution is 2.01. The van der Waals surface area contributed by atoms with Crippen molar-refractivity contribution in [1.29, 1.82) is 0 Å². The third-order valence-electron chi connectivity index (χ3n) is 2.07. The number of hydrogen-bond donors (Lipinski definition) is 1. The smallest absolute Gasteiger partial charge is 0.0955 e. The van der Waals surface area contributed by atoms with Gasteiger partial charge in [-0.15, -0.1) is 0 Å². The lowest BCUT2D eigenvalue weighted by atomic mass is 10.2. The highest BCUT2D eigenvalue weighted by molar-refractivity contribution is 5.73. The van der Waals surface area contributed by atoms with Gasteiger partial charge in [0.05, 0.1) is 34.2 Å². The molecule has 15 heavy (non-hydrogen) atoms. The molecule has 0 radical (unpaired) electrons. The topological polar surface area (TPSA) is 24.4 Å². The minimum Gasteiger partial charge on any atom is -0.380 e. The van der Waals surface area contributed by atoms with Crippen molar-refractivity contribution in [3.05, 3.63) is 23.9 Å². The first-order valence-electron chi connectivity index (χ1n) is 5.19. The van der Waals surface area contributed by atoms with Crippen molar-refractivity contribution in [3.63, 3.8) is 0 Å². The molecule has 0 saturated carbocycles. The maximum absolute atomic E-state index is 3.98. The van der Waals surface area contributed by atoms with Gasteiger partial charge in [0.1, 0.15) is 0 Å². The fourth-order valence-corrected chi connectivity index (χ4v) is 0.969. The van der Waals surface area contributed by atoms with Crippen LogP contribution in [0.25, 0.3) is 0 Å². The molecule has 0 aliphatic carbocycles. The molecule has 0 spiro atoms. The minimum absolute atomic E-state index is 0.941. The summed E-state index contributed by atoms with van der Waals surface area (Å²) in [5, 5.41) is 3.31. The Bertz CT molecular complexity index is 257. The molecule has 0 rings (SSSR count). The van der Waals surface area contributed by atoms with Crippen LogP contribution < -0.4 is 5.32 Å². The van der Waals surface area contributed by atoms with Crippen molar-refractivity contribution in [2.75, 3.05) is 41.3 Å². The zero-order chi connectivity index (χ0) is 11.9. The lowest BCUT2D eigenvalue weighted by molar-refractivity contribution is -0.869. The van der Waals surface area contributed by atoms with Crippen molar-refractivity contribution < 1.29 is 4.48 Å². The quantitative estimate of drug-likeness (QED) is 0.400. The summed E-state index contributed by atoms with van der Waals surface area (Å²) in [5.74, 6) is 0. The van der Waals surface area contributed by atoms with Gasteiger partial charge < -0.3 is 9.80 Å². The molecule has 0 atom stereocenters. The summed E-state index contributed by atoms with van der Waals surface area (Å²) < 4.78 is 0.958. The number of likely N-dealkylation sites (N-methyl/N-ethyl adjacent to an activating group) is 1. The van der Waals surface area contributed by atoms with Crippen molar-refractivity contribution in [1.82, 2.24) is 5.32 Å². The number of quaternary nitrogens is 1. The molecule has 0 saturated heterocycles. The SMILES string of the molecule is C=C(NCC[N+](C)(C)C)C(C)=CC=NC. The molecule has 0 aromatic carbocycles. The fraction of sp³-hybridized carbons (Fsp3) is 0.583. The van der Waals surface area contributed by atoms with Crippen molar-refractivity contribution in [2.45, 2.75) is 6.92 Å². The van der Waals surface area contributed by atoms with E-state index in [0.29, 0.717) is 0 Å². The largest absolute Gasteiger partial charge is 0.380 e. The molecule has 3 heteroatoms. The van der Waals surface area contributed by atoms with Crippen LogP contribution in [-0.2, 0) is 0 Å². The minimum atomic E-state index is 0.941. The van der Waals surface area contributed by atoms with Gasteiger partial charge in [0, 0.05) is 19.0 Å². The van der Waals surface area contributed by atoms with Crippen LogP contribution in [-0.4, -0.2) is 52.0 Å². The Morgan fingerprint density at radius 3 is 2.47 bits per heavy atom. The molecule has 0 heterocycles. The van der Waals surface area contributed by atoms with E-state index in [1.54, 1.807) is 13.3 Å². The molecule has 0 aliphatic rings. The third-order valence-corrected chi connectivity index (χ3v) is 2.07. The normalized spacial score (nSPS) is 13.3. The van der Waals surface area contributed by atoms with Gasteiger partial charge in [-0.1, -0.05) is 6.58 Å². The molecule has 0 fully saturated rings. The van der Waals surface area contributed by atoms with Gasteiger partial charge in [-0.3, -0.25) is 4.99 Å². The number of rotatable bonds is 6. The standard InChI is InChI=1S/C12H24N3/c1-11(7-8-13-3)12(2)14-9-10-15(4,5)6/h7-8,14H,2,9-10H2,1,3-6H3/q+1. The van der Waals surface area contributed by atoms with Gasteiger partial charge in [0.15, 0.2) is 0 Å². The Kier molecular flexibility index (Phi) is 5.94. The van der Waals surface area contributed by atoms with Gasteiger partial charge >= 0.3 is 0 Å². The molecule has 0 aromatic rings. The summed E-state index contributed by atoms with van der Waals surface area (Å²) in [6.45, 7) is 8.03. The Morgan fingerprint density at radius 2 is 2.00 bits per heavy atom. The van der Waals surface area contributed by atoms with Crippen molar-refractivity contribution in [2.24, 2.45) is 4.99 Å². The Morgan fingerprint density at radius 1 is 1.40 bits per heavy atom. The molecule has 1 N–H and O–H groups in total. The van der Waals surface area contributed by atoms with Crippen LogP contribution in [0.1, 0.15) is 6.92 Å². The molecule has 0 amide bonds. The predicted octanol–water partition coefficient (Wildman–Crippen LogP) is 1.44. The van der Waals surface area contributed by atoms with Crippen LogP contribution >= 0.6 is 0 Å². The van der Waals surface area contributed by atoms with Gasteiger partial charge in [0.25, 0.3) is 0 Å². The summed E-state index contributed by atoms with van der Waals surface area (Å²) >= 11 is 0. The second-order valence-electron chi connectivity index (χ2n) is 4.68. The fourth-order valence-electron chi connectivity index (χ4n) is 0.969. The molecule has 0 aliphatic heterocycles. The Labute approximate surface area is 93.8 Å². The van der Waals surface area contributed by atoms with Crippen LogP contribution in [0.15, 0.2) is 28.9 Å². The first kappa shape index (κ1) is 13.9. The van der Waals surface area contributed by atoms with Crippen LogP contribution in [0.5, 0.6) is 0 Å². The molecule has 3 nitrogen and oxygen atoms in total. The van der Waals surface area contributed by atoms with Crippen molar-refractivity contribution >= 4 is 6.21 Å². The van der Waals surface area contributed by atoms with E-state index in [1.807, 2.05) is 13.0 Å². The van der Waals surface area contributed by atoms with Crippen LogP contribution in [0, 0.1) is 0 Å². The second kappa shape index (κ2) is 6.40. The number of aliphatic imine (C=N–C) groups is 1. The molecule has 86 valence electrons. The van der Waals surface area contributed by atoms with E-state index < -0.39 is 0 Å². The first-order chi connectivity index (χ1) is 6.87. The molecular formula is C12H24N3+. The molecule has 0 unspecified atom stereocenters. The van der Waals surface area contributed by atoms with E-state index in [9.17, 15) is 0 Å². The summed E-state index contributed by atoms with van der Waals surface area (Å²) in [7, 11) is 8.29. The average Bonchev–Trinajstić information content (AvgIpc) is 2.11. The van der Waals surface area contributed by atoms with E-state index >= 15 is 0 Å². The molecular weight excluding hydrogens is 186 g/mol. The predicted molar refractivity (Wildman–Crippen MR) is 68.2 cm³/mol. The summed E-state index contributed by atoms with van der Waals surface area (Å²) in [6.07, 6.45) is 3.74. The van der Waals surface area contributed by atoms with E-state index in [4.69, 9.17) is 0 Å². The van der Waals surface area contributed by atoms with E-state index in [2.05, 4.69) is 38.0 Å². The van der Waals surface area contributed by atoms with Crippen LogP contribution in [0.4, 0.5) is 0 Å². The highest BCUT2D eigenvalue weighted by Gasteiger charge is 2.05. The zero-order valence-electron chi connectivity index (χ0n) is 10.7. The van der Waals surface area contributed by atoms with Crippen LogP contribution in [0.3, 0.4) is 0 Å². The molecule has 0 bridgehead atoms.